The monoisotopic (exact) mass is 183 g/mol. The molecule has 66 valence electrons. The predicted octanol–water partition coefficient (Wildman–Crippen LogP) is 2.77. The summed E-state index contributed by atoms with van der Waals surface area (Å²) in [5.74, 6) is 0. The predicted molar refractivity (Wildman–Crippen MR) is 56.4 cm³/mol. The van der Waals surface area contributed by atoms with E-state index in [1.165, 1.54) is 0 Å². The van der Waals surface area contributed by atoms with E-state index < -0.39 is 0 Å². The molecule has 0 unspecified atom stereocenters. The second kappa shape index (κ2) is 4.96. The van der Waals surface area contributed by atoms with Crippen molar-refractivity contribution in [1.29, 1.82) is 0 Å². The standard InChI is InChI=1S/C10H13N.ClH/c1-3-9-4-6-10(7-5-9)8(2)11;/h3-8H,1,11H2,2H3;1H/t8-;/m0./s1. The summed E-state index contributed by atoms with van der Waals surface area (Å²) in [6, 6.07) is 8.22. The molecule has 0 saturated heterocycles. The molecule has 1 aromatic carbocycles. The highest BCUT2D eigenvalue weighted by Crippen LogP contribution is 2.10. The smallest absolute Gasteiger partial charge is 0.0266 e. The molecule has 1 nitrogen and oxygen atoms in total. The van der Waals surface area contributed by atoms with Gasteiger partial charge in [0.25, 0.3) is 0 Å². The maximum atomic E-state index is 5.68. The molecular weight excluding hydrogens is 170 g/mol. The summed E-state index contributed by atoms with van der Waals surface area (Å²) >= 11 is 0. The normalized spacial score (nSPS) is 11.5. The first-order chi connectivity index (χ1) is 5.24. The molecule has 1 rings (SSSR count). The second-order valence-electron chi connectivity index (χ2n) is 2.66. The summed E-state index contributed by atoms with van der Waals surface area (Å²) in [5.41, 5.74) is 7.98. The van der Waals surface area contributed by atoms with Crippen LogP contribution in [0.2, 0.25) is 0 Å². The number of hydrogen-bond acceptors (Lipinski definition) is 1. The first-order valence-electron chi connectivity index (χ1n) is 3.72. The lowest BCUT2D eigenvalue weighted by Gasteiger charge is -2.04. The Kier molecular flexibility index (Phi) is 4.64. The van der Waals surface area contributed by atoms with Crippen LogP contribution in [0.3, 0.4) is 0 Å². The fraction of sp³-hybridized carbons (Fsp3) is 0.200. The third-order valence-electron chi connectivity index (χ3n) is 1.70. The molecule has 0 fully saturated rings. The molecule has 1 atom stereocenters. The third kappa shape index (κ3) is 2.68. The van der Waals surface area contributed by atoms with E-state index in [0.717, 1.165) is 11.1 Å². The van der Waals surface area contributed by atoms with Gasteiger partial charge in [-0.1, -0.05) is 36.9 Å². The van der Waals surface area contributed by atoms with Crippen LogP contribution in [0, 0.1) is 0 Å². The molecule has 0 bridgehead atoms. The summed E-state index contributed by atoms with van der Waals surface area (Å²) < 4.78 is 0. The number of halogens is 1. The first kappa shape index (κ1) is 11.2. The van der Waals surface area contributed by atoms with Crippen LogP contribution in [0.4, 0.5) is 0 Å². The van der Waals surface area contributed by atoms with Gasteiger partial charge in [0.1, 0.15) is 0 Å². The van der Waals surface area contributed by atoms with Gasteiger partial charge in [0, 0.05) is 6.04 Å². The van der Waals surface area contributed by atoms with E-state index in [1.807, 2.05) is 37.3 Å². The zero-order valence-electron chi connectivity index (χ0n) is 7.16. The Morgan fingerprint density at radius 1 is 1.33 bits per heavy atom. The zero-order valence-corrected chi connectivity index (χ0v) is 7.97. The number of rotatable bonds is 2. The molecule has 12 heavy (non-hydrogen) atoms. The first-order valence-corrected chi connectivity index (χ1v) is 3.72. The lowest BCUT2D eigenvalue weighted by Crippen LogP contribution is -2.04. The van der Waals surface area contributed by atoms with Crippen LogP contribution in [-0.4, -0.2) is 0 Å². The number of hydrogen-bond donors (Lipinski definition) is 1. The van der Waals surface area contributed by atoms with Crippen LogP contribution < -0.4 is 5.73 Å². The lowest BCUT2D eigenvalue weighted by molar-refractivity contribution is 0.818. The van der Waals surface area contributed by atoms with Gasteiger partial charge in [-0.15, -0.1) is 12.4 Å². The average molecular weight is 184 g/mol. The van der Waals surface area contributed by atoms with Gasteiger partial charge in [-0.2, -0.15) is 0 Å². The fourth-order valence-electron chi connectivity index (χ4n) is 0.936. The second-order valence-corrected chi connectivity index (χ2v) is 2.66. The van der Waals surface area contributed by atoms with Gasteiger partial charge in [0.15, 0.2) is 0 Å². The van der Waals surface area contributed by atoms with Crippen molar-refractivity contribution in [3.8, 4) is 0 Å². The van der Waals surface area contributed by atoms with Gasteiger partial charge in [-0.3, -0.25) is 0 Å². The maximum absolute atomic E-state index is 5.68. The highest BCUT2D eigenvalue weighted by molar-refractivity contribution is 5.85. The van der Waals surface area contributed by atoms with Gasteiger partial charge in [0.2, 0.25) is 0 Å². The molecule has 0 aliphatic rings. The highest BCUT2D eigenvalue weighted by atomic mass is 35.5. The molecule has 0 aliphatic carbocycles. The minimum absolute atomic E-state index is 0. The Morgan fingerprint density at radius 3 is 2.17 bits per heavy atom. The van der Waals surface area contributed by atoms with E-state index in [4.69, 9.17) is 5.73 Å². The minimum atomic E-state index is 0. The van der Waals surface area contributed by atoms with Gasteiger partial charge < -0.3 is 5.73 Å². The van der Waals surface area contributed by atoms with E-state index in [9.17, 15) is 0 Å². The molecule has 0 heterocycles. The van der Waals surface area contributed by atoms with Crippen molar-refractivity contribution in [3.05, 3.63) is 42.0 Å². The van der Waals surface area contributed by atoms with E-state index in [-0.39, 0.29) is 18.4 Å². The van der Waals surface area contributed by atoms with Crippen LogP contribution >= 0.6 is 12.4 Å². The van der Waals surface area contributed by atoms with Crippen LogP contribution in [0.5, 0.6) is 0 Å². The van der Waals surface area contributed by atoms with E-state index in [1.54, 1.807) is 0 Å². The average Bonchev–Trinajstić information content (AvgIpc) is 2.05. The van der Waals surface area contributed by atoms with Gasteiger partial charge in [-0.05, 0) is 18.1 Å². The SMILES string of the molecule is C=Cc1ccc([C@H](C)N)cc1.Cl. The molecular formula is C10H14ClN. The molecule has 0 saturated carbocycles. The Hall–Kier alpha value is -0.790. The Bertz CT molecular complexity index is 239. The molecule has 1 aromatic rings. The molecule has 0 aromatic heterocycles. The molecule has 0 amide bonds. The summed E-state index contributed by atoms with van der Waals surface area (Å²) in [5, 5.41) is 0. The van der Waals surface area contributed by atoms with Crippen LogP contribution in [0.25, 0.3) is 6.08 Å². The van der Waals surface area contributed by atoms with Crippen LogP contribution in [-0.2, 0) is 0 Å². The molecule has 0 radical (unpaired) electrons. The summed E-state index contributed by atoms with van der Waals surface area (Å²) in [6.45, 7) is 5.65. The zero-order chi connectivity index (χ0) is 8.27. The summed E-state index contributed by atoms with van der Waals surface area (Å²) in [7, 11) is 0. The fourth-order valence-corrected chi connectivity index (χ4v) is 0.936. The van der Waals surface area contributed by atoms with Crippen molar-refractivity contribution in [1.82, 2.24) is 0 Å². The van der Waals surface area contributed by atoms with E-state index >= 15 is 0 Å². The Balaban J connectivity index is 0.00000121. The van der Waals surface area contributed by atoms with Crippen molar-refractivity contribution in [2.24, 2.45) is 5.73 Å². The van der Waals surface area contributed by atoms with Gasteiger partial charge in [-0.25, -0.2) is 0 Å². The van der Waals surface area contributed by atoms with Crippen LogP contribution in [0.15, 0.2) is 30.8 Å². The van der Waals surface area contributed by atoms with Gasteiger partial charge in [0.05, 0.1) is 0 Å². The Morgan fingerprint density at radius 2 is 1.83 bits per heavy atom. The van der Waals surface area contributed by atoms with Crippen molar-refractivity contribution in [2.45, 2.75) is 13.0 Å². The summed E-state index contributed by atoms with van der Waals surface area (Å²) in [4.78, 5) is 0. The number of nitrogens with two attached hydrogens (primary N) is 1. The van der Waals surface area contributed by atoms with Crippen LogP contribution in [0.1, 0.15) is 24.1 Å². The van der Waals surface area contributed by atoms with Crippen molar-refractivity contribution >= 4 is 18.5 Å². The number of benzene rings is 1. The van der Waals surface area contributed by atoms with Crippen molar-refractivity contribution in [3.63, 3.8) is 0 Å². The van der Waals surface area contributed by atoms with Crippen molar-refractivity contribution < 1.29 is 0 Å². The lowest BCUT2D eigenvalue weighted by atomic mass is 10.1. The maximum Gasteiger partial charge on any atom is 0.0266 e. The molecule has 0 spiro atoms. The molecule has 0 aliphatic heterocycles. The van der Waals surface area contributed by atoms with Gasteiger partial charge >= 0.3 is 0 Å². The highest BCUT2D eigenvalue weighted by Gasteiger charge is 1.96. The summed E-state index contributed by atoms with van der Waals surface area (Å²) in [6.07, 6.45) is 1.82. The third-order valence-corrected chi connectivity index (χ3v) is 1.70. The molecule has 2 heteroatoms. The Labute approximate surface area is 79.7 Å². The largest absolute Gasteiger partial charge is 0.324 e. The van der Waals surface area contributed by atoms with E-state index in [0.29, 0.717) is 0 Å². The topological polar surface area (TPSA) is 26.0 Å². The quantitative estimate of drug-likeness (QED) is 0.750. The molecule has 2 N–H and O–H groups in total. The van der Waals surface area contributed by atoms with E-state index in [2.05, 4.69) is 6.58 Å². The van der Waals surface area contributed by atoms with Crippen molar-refractivity contribution in [2.75, 3.05) is 0 Å². The minimum Gasteiger partial charge on any atom is -0.324 e.